The molecule has 0 aliphatic heterocycles. The lowest BCUT2D eigenvalue weighted by Gasteiger charge is -2.14. The molecule has 1 amide bonds. The summed E-state index contributed by atoms with van der Waals surface area (Å²) in [5, 5.41) is 0. The van der Waals surface area contributed by atoms with Crippen LogP contribution in [0.2, 0.25) is 0 Å². The normalized spacial score (nSPS) is 11.9. The third kappa shape index (κ3) is 4.35. The SMILES string of the molecule is CCOc1ccc(C(CCc2ccccc2)C(N)=O)cc1. The zero-order chi connectivity index (χ0) is 15.1. The van der Waals surface area contributed by atoms with Gasteiger partial charge in [0.05, 0.1) is 12.5 Å². The number of hydrogen-bond donors (Lipinski definition) is 1. The van der Waals surface area contributed by atoms with Crippen LogP contribution in [0.4, 0.5) is 0 Å². The first kappa shape index (κ1) is 15.1. The van der Waals surface area contributed by atoms with Crippen molar-refractivity contribution >= 4 is 5.91 Å². The maximum absolute atomic E-state index is 11.7. The molecule has 0 spiro atoms. The van der Waals surface area contributed by atoms with Gasteiger partial charge in [-0.25, -0.2) is 0 Å². The molecule has 0 aromatic heterocycles. The minimum Gasteiger partial charge on any atom is -0.494 e. The number of aryl methyl sites for hydroxylation is 1. The lowest BCUT2D eigenvalue weighted by Crippen LogP contribution is -2.22. The highest BCUT2D eigenvalue weighted by Crippen LogP contribution is 2.24. The van der Waals surface area contributed by atoms with E-state index in [4.69, 9.17) is 10.5 Å². The van der Waals surface area contributed by atoms with E-state index in [2.05, 4.69) is 12.1 Å². The van der Waals surface area contributed by atoms with E-state index in [0.29, 0.717) is 13.0 Å². The Morgan fingerprint density at radius 1 is 1.10 bits per heavy atom. The number of ether oxygens (including phenoxy) is 1. The zero-order valence-electron chi connectivity index (χ0n) is 12.3. The molecule has 0 aliphatic carbocycles. The summed E-state index contributed by atoms with van der Waals surface area (Å²) in [6, 6.07) is 17.7. The lowest BCUT2D eigenvalue weighted by atomic mass is 9.92. The van der Waals surface area contributed by atoms with Gasteiger partial charge in [0.25, 0.3) is 0 Å². The summed E-state index contributed by atoms with van der Waals surface area (Å²) in [5.74, 6) is 0.267. The van der Waals surface area contributed by atoms with E-state index in [1.165, 1.54) is 5.56 Å². The van der Waals surface area contributed by atoms with Gasteiger partial charge >= 0.3 is 0 Å². The van der Waals surface area contributed by atoms with E-state index in [9.17, 15) is 4.79 Å². The molecule has 0 fully saturated rings. The van der Waals surface area contributed by atoms with Gasteiger partial charge in [-0.05, 0) is 43.0 Å². The Morgan fingerprint density at radius 2 is 1.76 bits per heavy atom. The molecule has 0 radical (unpaired) electrons. The van der Waals surface area contributed by atoms with E-state index in [-0.39, 0.29) is 11.8 Å². The topological polar surface area (TPSA) is 52.3 Å². The first-order valence-corrected chi connectivity index (χ1v) is 7.26. The fourth-order valence-electron chi connectivity index (χ4n) is 2.39. The molecular formula is C18H21NO2. The summed E-state index contributed by atoms with van der Waals surface area (Å²) in [6.07, 6.45) is 1.55. The largest absolute Gasteiger partial charge is 0.494 e. The number of amides is 1. The van der Waals surface area contributed by atoms with Crippen LogP contribution in [-0.2, 0) is 11.2 Å². The number of rotatable bonds is 7. The average Bonchev–Trinajstić information content (AvgIpc) is 2.50. The molecule has 1 atom stereocenters. The standard InChI is InChI=1S/C18H21NO2/c1-2-21-16-11-9-15(10-12-16)17(18(19)20)13-8-14-6-4-3-5-7-14/h3-7,9-12,17H,2,8,13H2,1H3,(H2,19,20). The van der Waals surface area contributed by atoms with Crippen molar-refractivity contribution in [3.63, 3.8) is 0 Å². The number of carbonyl (C=O) groups is 1. The van der Waals surface area contributed by atoms with E-state index in [1.807, 2.05) is 49.4 Å². The highest BCUT2D eigenvalue weighted by atomic mass is 16.5. The van der Waals surface area contributed by atoms with Crippen molar-refractivity contribution in [2.45, 2.75) is 25.7 Å². The van der Waals surface area contributed by atoms with Crippen LogP contribution in [0.3, 0.4) is 0 Å². The maximum atomic E-state index is 11.7. The van der Waals surface area contributed by atoms with Crippen molar-refractivity contribution in [3.05, 3.63) is 65.7 Å². The Bertz CT molecular complexity index is 564. The lowest BCUT2D eigenvalue weighted by molar-refractivity contribution is -0.119. The molecule has 0 saturated carbocycles. The third-order valence-electron chi connectivity index (χ3n) is 3.50. The zero-order valence-corrected chi connectivity index (χ0v) is 12.3. The smallest absolute Gasteiger partial charge is 0.224 e. The molecule has 3 nitrogen and oxygen atoms in total. The van der Waals surface area contributed by atoms with Gasteiger partial charge in [-0.15, -0.1) is 0 Å². The van der Waals surface area contributed by atoms with Crippen molar-refractivity contribution in [1.29, 1.82) is 0 Å². The van der Waals surface area contributed by atoms with Crippen LogP contribution in [0.5, 0.6) is 5.75 Å². The Labute approximate surface area is 125 Å². The van der Waals surface area contributed by atoms with Crippen molar-refractivity contribution in [3.8, 4) is 5.75 Å². The Morgan fingerprint density at radius 3 is 2.33 bits per heavy atom. The van der Waals surface area contributed by atoms with Crippen molar-refractivity contribution in [1.82, 2.24) is 0 Å². The van der Waals surface area contributed by atoms with Crippen LogP contribution >= 0.6 is 0 Å². The van der Waals surface area contributed by atoms with Gasteiger partial charge in [0.1, 0.15) is 5.75 Å². The summed E-state index contributed by atoms with van der Waals surface area (Å²) in [7, 11) is 0. The molecule has 2 aromatic rings. The second kappa shape index (κ2) is 7.48. The minimum absolute atomic E-state index is 0.263. The minimum atomic E-state index is -0.282. The molecular weight excluding hydrogens is 262 g/mol. The molecule has 21 heavy (non-hydrogen) atoms. The number of carbonyl (C=O) groups excluding carboxylic acids is 1. The highest BCUT2D eigenvalue weighted by molar-refractivity contribution is 5.81. The molecule has 0 bridgehead atoms. The molecule has 2 aromatic carbocycles. The van der Waals surface area contributed by atoms with Gasteiger partial charge in [-0.1, -0.05) is 42.5 Å². The van der Waals surface area contributed by atoms with Crippen LogP contribution in [0.1, 0.15) is 30.4 Å². The predicted octanol–water partition coefficient (Wildman–Crippen LogP) is 3.29. The number of hydrogen-bond acceptors (Lipinski definition) is 2. The van der Waals surface area contributed by atoms with Gasteiger partial charge in [-0.3, -0.25) is 4.79 Å². The Hall–Kier alpha value is -2.29. The van der Waals surface area contributed by atoms with Gasteiger partial charge in [0, 0.05) is 0 Å². The Kier molecular flexibility index (Phi) is 5.38. The summed E-state index contributed by atoms with van der Waals surface area (Å²) in [4.78, 5) is 11.7. The monoisotopic (exact) mass is 283 g/mol. The van der Waals surface area contributed by atoms with E-state index in [0.717, 1.165) is 17.7 Å². The molecule has 2 rings (SSSR count). The molecule has 2 N–H and O–H groups in total. The summed E-state index contributed by atoms with van der Waals surface area (Å²) < 4.78 is 5.41. The quantitative estimate of drug-likeness (QED) is 0.847. The maximum Gasteiger partial charge on any atom is 0.224 e. The van der Waals surface area contributed by atoms with Crippen LogP contribution < -0.4 is 10.5 Å². The summed E-state index contributed by atoms with van der Waals surface area (Å²) in [6.45, 7) is 2.58. The Balaban J connectivity index is 2.06. The highest BCUT2D eigenvalue weighted by Gasteiger charge is 2.17. The first-order chi connectivity index (χ1) is 10.2. The molecule has 110 valence electrons. The van der Waals surface area contributed by atoms with E-state index in [1.54, 1.807) is 0 Å². The predicted molar refractivity (Wildman–Crippen MR) is 84.3 cm³/mol. The van der Waals surface area contributed by atoms with Crippen molar-refractivity contribution in [2.24, 2.45) is 5.73 Å². The van der Waals surface area contributed by atoms with Crippen molar-refractivity contribution in [2.75, 3.05) is 6.61 Å². The third-order valence-corrected chi connectivity index (χ3v) is 3.50. The molecule has 3 heteroatoms. The number of benzene rings is 2. The fraction of sp³-hybridized carbons (Fsp3) is 0.278. The first-order valence-electron chi connectivity index (χ1n) is 7.26. The fourth-order valence-corrected chi connectivity index (χ4v) is 2.39. The van der Waals surface area contributed by atoms with Gasteiger partial charge in [-0.2, -0.15) is 0 Å². The summed E-state index contributed by atoms with van der Waals surface area (Å²) >= 11 is 0. The van der Waals surface area contributed by atoms with E-state index >= 15 is 0 Å². The van der Waals surface area contributed by atoms with Gasteiger partial charge in [0.15, 0.2) is 0 Å². The van der Waals surface area contributed by atoms with E-state index < -0.39 is 0 Å². The number of primary amides is 1. The number of nitrogens with two attached hydrogens (primary N) is 1. The second-order valence-corrected chi connectivity index (χ2v) is 4.98. The average molecular weight is 283 g/mol. The summed E-state index contributed by atoms with van der Waals surface area (Å²) in [5.41, 5.74) is 7.72. The van der Waals surface area contributed by atoms with Gasteiger partial charge in [0.2, 0.25) is 5.91 Å². The van der Waals surface area contributed by atoms with Crippen LogP contribution in [0, 0.1) is 0 Å². The van der Waals surface area contributed by atoms with Crippen molar-refractivity contribution < 1.29 is 9.53 Å². The molecule has 0 saturated heterocycles. The van der Waals surface area contributed by atoms with Gasteiger partial charge < -0.3 is 10.5 Å². The van der Waals surface area contributed by atoms with Crippen LogP contribution in [0.15, 0.2) is 54.6 Å². The molecule has 0 aliphatic rings. The second-order valence-electron chi connectivity index (χ2n) is 4.98. The van der Waals surface area contributed by atoms with Crippen LogP contribution in [0.25, 0.3) is 0 Å². The van der Waals surface area contributed by atoms with Crippen LogP contribution in [-0.4, -0.2) is 12.5 Å². The molecule has 0 heterocycles. The molecule has 1 unspecified atom stereocenters.